The second-order valence-electron chi connectivity index (χ2n) is 3.40. The van der Waals surface area contributed by atoms with Crippen molar-refractivity contribution in [3.05, 3.63) is 11.9 Å². The fourth-order valence-corrected chi connectivity index (χ4v) is 1.39. The molecule has 0 spiro atoms. The summed E-state index contributed by atoms with van der Waals surface area (Å²) in [4.78, 5) is 7.00. The maximum Gasteiger partial charge on any atom is 0.197 e. The number of terminal acetylenes is 1. The minimum absolute atomic E-state index is 0.507. The first-order valence-corrected chi connectivity index (χ1v) is 5.06. The van der Waals surface area contributed by atoms with Gasteiger partial charge < -0.3 is 10.7 Å². The first-order chi connectivity index (χ1) is 6.83. The van der Waals surface area contributed by atoms with Gasteiger partial charge in [-0.05, 0) is 19.3 Å². The minimum atomic E-state index is 0.507. The second kappa shape index (κ2) is 6.09. The lowest BCUT2D eigenvalue weighted by Gasteiger charge is -1.96. The van der Waals surface area contributed by atoms with Crippen LogP contribution in [0.3, 0.4) is 0 Å². The van der Waals surface area contributed by atoms with Crippen molar-refractivity contribution >= 4 is 5.95 Å². The zero-order valence-electron chi connectivity index (χ0n) is 8.42. The van der Waals surface area contributed by atoms with E-state index < -0.39 is 0 Å². The van der Waals surface area contributed by atoms with Crippen LogP contribution in [0.1, 0.15) is 37.8 Å². The Kier molecular flexibility index (Phi) is 4.63. The summed E-state index contributed by atoms with van der Waals surface area (Å²) in [5, 5.41) is 0. The molecule has 0 atom stereocenters. The number of unbranched alkanes of at least 4 members (excludes halogenated alkanes) is 4. The molecule has 0 aromatic carbocycles. The SMILES string of the molecule is C#CCCCCCCc1c[nH]c(N)n1. The van der Waals surface area contributed by atoms with E-state index in [9.17, 15) is 0 Å². The van der Waals surface area contributed by atoms with Gasteiger partial charge in [-0.3, -0.25) is 0 Å². The zero-order valence-corrected chi connectivity index (χ0v) is 8.42. The minimum Gasteiger partial charge on any atom is -0.369 e. The molecule has 76 valence electrons. The topological polar surface area (TPSA) is 54.7 Å². The molecule has 3 nitrogen and oxygen atoms in total. The molecular formula is C11H17N3. The van der Waals surface area contributed by atoms with Gasteiger partial charge in [0, 0.05) is 12.6 Å². The van der Waals surface area contributed by atoms with Crippen LogP contribution in [0.2, 0.25) is 0 Å². The van der Waals surface area contributed by atoms with Crippen molar-refractivity contribution in [2.45, 2.75) is 38.5 Å². The van der Waals surface area contributed by atoms with Crippen LogP contribution in [0.4, 0.5) is 5.95 Å². The van der Waals surface area contributed by atoms with Gasteiger partial charge in [-0.25, -0.2) is 4.98 Å². The van der Waals surface area contributed by atoms with Gasteiger partial charge in [0.25, 0.3) is 0 Å². The monoisotopic (exact) mass is 191 g/mol. The molecule has 1 aromatic rings. The molecule has 0 aliphatic rings. The Hall–Kier alpha value is -1.43. The fourth-order valence-electron chi connectivity index (χ4n) is 1.39. The first kappa shape index (κ1) is 10.6. The molecule has 0 radical (unpaired) electrons. The molecule has 0 fully saturated rings. The predicted octanol–water partition coefficient (Wildman–Crippen LogP) is 2.12. The van der Waals surface area contributed by atoms with Gasteiger partial charge in [-0.2, -0.15) is 0 Å². The molecule has 3 heteroatoms. The van der Waals surface area contributed by atoms with Crippen molar-refractivity contribution < 1.29 is 0 Å². The highest BCUT2D eigenvalue weighted by atomic mass is 15.0. The molecular weight excluding hydrogens is 174 g/mol. The van der Waals surface area contributed by atoms with Gasteiger partial charge in [0.2, 0.25) is 0 Å². The molecule has 3 N–H and O–H groups in total. The molecule has 14 heavy (non-hydrogen) atoms. The molecule has 1 rings (SSSR count). The normalized spacial score (nSPS) is 9.93. The van der Waals surface area contributed by atoms with E-state index in [2.05, 4.69) is 15.9 Å². The van der Waals surface area contributed by atoms with Gasteiger partial charge >= 0.3 is 0 Å². The van der Waals surface area contributed by atoms with Crippen LogP contribution in [-0.2, 0) is 6.42 Å². The molecule has 0 bridgehead atoms. The van der Waals surface area contributed by atoms with Crippen LogP contribution in [-0.4, -0.2) is 9.97 Å². The summed E-state index contributed by atoms with van der Waals surface area (Å²) in [7, 11) is 0. The van der Waals surface area contributed by atoms with Crippen LogP contribution in [0, 0.1) is 12.3 Å². The Morgan fingerprint density at radius 1 is 1.36 bits per heavy atom. The van der Waals surface area contributed by atoms with Crippen molar-refractivity contribution in [1.82, 2.24) is 9.97 Å². The van der Waals surface area contributed by atoms with Crippen molar-refractivity contribution in [2.75, 3.05) is 5.73 Å². The summed E-state index contributed by atoms with van der Waals surface area (Å²) in [6.45, 7) is 0. The average molecular weight is 191 g/mol. The number of aromatic nitrogens is 2. The predicted molar refractivity (Wildman–Crippen MR) is 58.6 cm³/mol. The lowest BCUT2D eigenvalue weighted by atomic mass is 10.1. The second-order valence-corrected chi connectivity index (χ2v) is 3.40. The van der Waals surface area contributed by atoms with Gasteiger partial charge in [0.1, 0.15) is 0 Å². The number of imidazole rings is 1. The molecule has 0 aliphatic heterocycles. The van der Waals surface area contributed by atoms with Gasteiger partial charge in [0.05, 0.1) is 5.69 Å². The lowest BCUT2D eigenvalue weighted by Crippen LogP contribution is -1.88. The summed E-state index contributed by atoms with van der Waals surface area (Å²) in [6, 6.07) is 0. The summed E-state index contributed by atoms with van der Waals surface area (Å²) in [5.41, 5.74) is 6.51. The number of H-pyrrole nitrogens is 1. The zero-order chi connectivity index (χ0) is 10.2. The van der Waals surface area contributed by atoms with E-state index in [1.165, 1.54) is 12.8 Å². The highest BCUT2D eigenvalue weighted by Crippen LogP contribution is 2.07. The maximum atomic E-state index is 5.46. The third kappa shape index (κ3) is 3.99. The van der Waals surface area contributed by atoms with E-state index in [1.807, 2.05) is 6.20 Å². The third-order valence-corrected chi connectivity index (χ3v) is 2.15. The average Bonchev–Trinajstić information content (AvgIpc) is 2.58. The van der Waals surface area contributed by atoms with Gasteiger partial charge in [-0.1, -0.05) is 12.8 Å². The molecule has 1 heterocycles. The summed E-state index contributed by atoms with van der Waals surface area (Å²) in [6.07, 6.45) is 13.7. The number of aromatic amines is 1. The van der Waals surface area contributed by atoms with E-state index in [0.717, 1.165) is 31.4 Å². The van der Waals surface area contributed by atoms with Gasteiger partial charge in [0.15, 0.2) is 5.95 Å². The number of nitrogens with two attached hydrogens (primary N) is 1. The van der Waals surface area contributed by atoms with Crippen LogP contribution in [0.15, 0.2) is 6.20 Å². The van der Waals surface area contributed by atoms with Crippen molar-refractivity contribution in [3.63, 3.8) is 0 Å². The molecule has 0 saturated heterocycles. The summed E-state index contributed by atoms with van der Waals surface area (Å²) >= 11 is 0. The Bertz CT molecular complexity index is 296. The van der Waals surface area contributed by atoms with Crippen molar-refractivity contribution in [1.29, 1.82) is 0 Å². The van der Waals surface area contributed by atoms with Crippen LogP contribution < -0.4 is 5.73 Å². The summed E-state index contributed by atoms with van der Waals surface area (Å²) in [5.74, 6) is 3.15. The smallest absolute Gasteiger partial charge is 0.197 e. The number of hydrogen-bond donors (Lipinski definition) is 2. The van der Waals surface area contributed by atoms with Gasteiger partial charge in [-0.15, -0.1) is 12.3 Å². The number of nitrogens with one attached hydrogen (secondary N) is 1. The van der Waals surface area contributed by atoms with Crippen molar-refractivity contribution in [2.24, 2.45) is 0 Å². The molecule has 0 amide bonds. The number of anilines is 1. The Morgan fingerprint density at radius 2 is 2.14 bits per heavy atom. The highest BCUT2D eigenvalue weighted by Gasteiger charge is 1.97. The molecule has 1 aromatic heterocycles. The van der Waals surface area contributed by atoms with E-state index >= 15 is 0 Å². The van der Waals surface area contributed by atoms with E-state index in [0.29, 0.717) is 5.95 Å². The third-order valence-electron chi connectivity index (χ3n) is 2.15. The number of rotatable bonds is 6. The van der Waals surface area contributed by atoms with Crippen molar-refractivity contribution in [3.8, 4) is 12.3 Å². The van der Waals surface area contributed by atoms with E-state index in [1.54, 1.807) is 0 Å². The summed E-state index contributed by atoms with van der Waals surface area (Å²) < 4.78 is 0. The largest absolute Gasteiger partial charge is 0.369 e. The number of nitrogen functional groups attached to an aromatic ring is 1. The Morgan fingerprint density at radius 3 is 2.79 bits per heavy atom. The van der Waals surface area contributed by atoms with Crippen LogP contribution in [0.5, 0.6) is 0 Å². The first-order valence-electron chi connectivity index (χ1n) is 5.06. The number of nitrogens with zero attached hydrogens (tertiary/aromatic N) is 1. The molecule has 0 unspecified atom stereocenters. The number of hydrogen-bond acceptors (Lipinski definition) is 2. The fraction of sp³-hybridized carbons (Fsp3) is 0.545. The highest BCUT2D eigenvalue weighted by molar-refractivity contribution is 5.18. The molecule has 0 aliphatic carbocycles. The van der Waals surface area contributed by atoms with Crippen LogP contribution >= 0.6 is 0 Å². The Labute approximate surface area is 85.1 Å². The van der Waals surface area contributed by atoms with E-state index in [4.69, 9.17) is 12.2 Å². The standard InChI is InChI=1S/C11H17N3/c1-2-3-4-5-6-7-8-10-9-13-11(12)14-10/h1,9H,3-8H2,(H3,12,13,14). The van der Waals surface area contributed by atoms with E-state index in [-0.39, 0.29) is 0 Å². The maximum absolute atomic E-state index is 5.46. The molecule has 0 saturated carbocycles. The quantitative estimate of drug-likeness (QED) is 0.534. The van der Waals surface area contributed by atoms with Crippen LogP contribution in [0.25, 0.3) is 0 Å². The Balaban J connectivity index is 2.02. The lowest BCUT2D eigenvalue weighted by molar-refractivity contribution is 0.646. The number of aryl methyl sites for hydroxylation is 1.